The minimum Gasteiger partial charge on any atom is -0.465 e. The molecule has 0 bridgehead atoms. The molecule has 38 heavy (non-hydrogen) atoms. The van der Waals surface area contributed by atoms with Crippen molar-refractivity contribution in [3.05, 3.63) is 98.4 Å². The maximum atomic E-state index is 14.2. The van der Waals surface area contributed by atoms with Crippen LogP contribution in [0.15, 0.2) is 53.2 Å². The summed E-state index contributed by atoms with van der Waals surface area (Å²) in [5, 5.41) is 23.5. The first kappa shape index (κ1) is 27.4. The normalized spacial score (nSPS) is 17.2. The molecule has 13 heteroatoms. The van der Waals surface area contributed by atoms with Crippen LogP contribution in [0, 0.1) is 18.6 Å². The lowest BCUT2D eigenvalue weighted by Crippen LogP contribution is -2.36. The number of nitrogens with zero attached hydrogens (tertiary/aromatic N) is 4. The Kier molecular flexibility index (Phi) is 7.17. The summed E-state index contributed by atoms with van der Waals surface area (Å²) in [6.45, 7) is 6.52. The molecular formula is C25H23BClF2N5O4. The van der Waals surface area contributed by atoms with Crippen molar-refractivity contribution < 1.29 is 23.7 Å². The van der Waals surface area contributed by atoms with E-state index in [-0.39, 0.29) is 11.6 Å². The van der Waals surface area contributed by atoms with Crippen LogP contribution >= 0.6 is 11.6 Å². The fourth-order valence-electron chi connectivity index (χ4n) is 3.84. The van der Waals surface area contributed by atoms with Crippen molar-refractivity contribution in [2.45, 2.75) is 45.0 Å². The molecule has 3 N–H and O–H groups in total. The van der Waals surface area contributed by atoms with E-state index < -0.39 is 45.2 Å². The standard InChI is InChI=1S/C25H23BClF2N5O4/c1-12-10-31-17(16-5-6-30-23(33-16)24(3,4)36)9-18(12)34-13(2)7-19(20(27)22(34)35)38-25(26,37)21-15(29)8-14(28)11-32-21/h5-11,17,31,36-37H,1-4H3. The first-order valence-corrected chi connectivity index (χ1v) is 11.7. The lowest BCUT2D eigenvalue weighted by Gasteiger charge is -2.28. The topological polar surface area (TPSA) is 122 Å². The summed E-state index contributed by atoms with van der Waals surface area (Å²) in [6.07, 6.45) is 5.65. The average molecular weight is 542 g/mol. The molecule has 1 aliphatic rings. The van der Waals surface area contributed by atoms with Crippen molar-refractivity contribution in [1.29, 1.82) is 0 Å². The van der Waals surface area contributed by atoms with E-state index in [1.807, 2.05) is 0 Å². The van der Waals surface area contributed by atoms with E-state index in [9.17, 15) is 23.8 Å². The number of dihydropyridines is 1. The first-order chi connectivity index (χ1) is 17.7. The molecule has 0 saturated heterocycles. The Balaban J connectivity index is 1.73. The van der Waals surface area contributed by atoms with E-state index in [4.69, 9.17) is 24.2 Å². The van der Waals surface area contributed by atoms with Crippen LogP contribution < -0.4 is 15.6 Å². The van der Waals surface area contributed by atoms with Crippen LogP contribution in [0.3, 0.4) is 0 Å². The molecule has 1 aliphatic heterocycles. The van der Waals surface area contributed by atoms with E-state index in [1.165, 1.54) is 16.8 Å². The van der Waals surface area contributed by atoms with Gasteiger partial charge in [0, 0.05) is 30.2 Å². The van der Waals surface area contributed by atoms with Gasteiger partial charge in [0.05, 0.1) is 23.6 Å². The molecule has 4 rings (SSSR count). The second-order valence-electron chi connectivity index (χ2n) is 9.27. The van der Waals surface area contributed by atoms with Gasteiger partial charge < -0.3 is 20.3 Å². The zero-order valence-corrected chi connectivity index (χ0v) is 21.6. The third-order valence-electron chi connectivity index (χ3n) is 5.70. The highest BCUT2D eigenvalue weighted by Gasteiger charge is 2.32. The van der Waals surface area contributed by atoms with Gasteiger partial charge in [-0.15, -0.1) is 0 Å². The molecule has 4 heterocycles. The third kappa shape index (κ3) is 5.33. The Hall–Kier alpha value is -3.61. The Morgan fingerprint density at radius 1 is 1.21 bits per heavy atom. The van der Waals surface area contributed by atoms with Gasteiger partial charge in [-0.2, -0.15) is 0 Å². The van der Waals surface area contributed by atoms with E-state index in [1.54, 1.807) is 46.0 Å². The molecule has 2 radical (unpaired) electrons. The third-order valence-corrected chi connectivity index (χ3v) is 6.05. The number of nitrogens with one attached hydrogen (secondary N) is 1. The van der Waals surface area contributed by atoms with Crippen LogP contribution in [0.1, 0.15) is 49.7 Å². The predicted molar refractivity (Wildman–Crippen MR) is 136 cm³/mol. The molecular weight excluding hydrogens is 519 g/mol. The van der Waals surface area contributed by atoms with Gasteiger partial charge in [0.15, 0.2) is 19.5 Å². The van der Waals surface area contributed by atoms with Gasteiger partial charge in [-0.1, -0.05) is 11.6 Å². The van der Waals surface area contributed by atoms with Crippen LogP contribution in [0.2, 0.25) is 5.02 Å². The molecule has 3 aromatic heterocycles. The first-order valence-electron chi connectivity index (χ1n) is 11.3. The predicted octanol–water partition coefficient (Wildman–Crippen LogP) is 2.94. The highest BCUT2D eigenvalue weighted by atomic mass is 35.5. The number of allylic oxidation sites excluding steroid dienone is 2. The van der Waals surface area contributed by atoms with Crippen molar-refractivity contribution in [3.63, 3.8) is 0 Å². The number of aromatic nitrogens is 4. The van der Waals surface area contributed by atoms with Crippen molar-refractivity contribution in [2.24, 2.45) is 0 Å². The monoisotopic (exact) mass is 541 g/mol. The summed E-state index contributed by atoms with van der Waals surface area (Å²) in [5.41, 5.74) is -3.53. The maximum Gasteiger partial charge on any atom is 0.277 e. The number of hydrogen-bond acceptors (Lipinski definition) is 8. The molecule has 0 aliphatic carbocycles. The van der Waals surface area contributed by atoms with E-state index in [2.05, 4.69) is 20.3 Å². The lowest BCUT2D eigenvalue weighted by atomic mass is 9.90. The largest absolute Gasteiger partial charge is 0.465 e. The van der Waals surface area contributed by atoms with Crippen LogP contribution in [-0.4, -0.2) is 37.6 Å². The zero-order chi connectivity index (χ0) is 28.0. The Bertz CT molecular complexity index is 1540. The molecule has 2 atom stereocenters. The number of hydrogen-bond donors (Lipinski definition) is 3. The van der Waals surface area contributed by atoms with Crippen molar-refractivity contribution in [1.82, 2.24) is 24.8 Å². The second-order valence-corrected chi connectivity index (χ2v) is 9.65. The van der Waals surface area contributed by atoms with Crippen molar-refractivity contribution in [3.8, 4) is 5.75 Å². The van der Waals surface area contributed by atoms with Gasteiger partial charge in [-0.25, -0.2) is 23.7 Å². The number of aliphatic hydroxyl groups is 2. The quantitative estimate of drug-likeness (QED) is 0.322. The summed E-state index contributed by atoms with van der Waals surface area (Å²) in [5.74, 6) is -2.33. The lowest BCUT2D eigenvalue weighted by molar-refractivity contribution is -0.0736. The van der Waals surface area contributed by atoms with Gasteiger partial charge in [-0.05, 0) is 45.4 Å². The number of rotatable bonds is 6. The highest BCUT2D eigenvalue weighted by Crippen LogP contribution is 2.32. The smallest absolute Gasteiger partial charge is 0.277 e. The van der Waals surface area contributed by atoms with Crippen LogP contribution in [-0.2, 0) is 11.3 Å². The van der Waals surface area contributed by atoms with Gasteiger partial charge in [-0.3, -0.25) is 9.36 Å². The second kappa shape index (κ2) is 9.93. The van der Waals surface area contributed by atoms with Gasteiger partial charge in [0.25, 0.3) is 5.56 Å². The Morgan fingerprint density at radius 3 is 2.58 bits per heavy atom. The molecule has 0 saturated carbocycles. The van der Waals surface area contributed by atoms with Crippen LogP contribution in [0.4, 0.5) is 8.78 Å². The SMILES string of the molecule is [B]C(O)(Oc1cc(C)n(C2=CC(c3ccnc(C(C)(C)O)n3)NC=C2C)c(=O)c1Cl)c1ncc(F)cc1F. The van der Waals surface area contributed by atoms with Gasteiger partial charge >= 0.3 is 0 Å². The summed E-state index contributed by atoms with van der Waals surface area (Å²) >= 11 is 6.31. The molecule has 0 fully saturated rings. The minimum absolute atomic E-state index is 0.234. The van der Waals surface area contributed by atoms with Crippen molar-refractivity contribution in [2.75, 3.05) is 0 Å². The van der Waals surface area contributed by atoms with Gasteiger partial charge in [0.2, 0.25) is 5.69 Å². The fraction of sp³-hybridized carbons (Fsp3) is 0.280. The van der Waals surface area contributed by atoms with E-state index in [0.29, 0.717) is 34.9 Å². The number of ether oxygens (including phenoxy) is 1. The molecule has 196 valence electrons. The summed E-state index contributed by atoms with van der Waals surface area (Å²) in [4.78, 5) is 25.4. The number of aryl methyl sites for hydroxylation is 1. The molecule has 2 unspecified atom stereocenters. The highest BCUT2D eigenvalue weighted by molar-refractivity contribution is 6.32. The fourth-order valence-corrected chi connectivity index (χ4v) is 4.02. The molecule has 0 spiro atoms. The minimum atomic E-state index is -2.85. The van der Waals surface area contributed by atoms with E-state index in [0.717, 1.165) is 0 Å². The Morgan fingerprint density at radius 2 is 1.92 bits per heavy atom. The summed E-state index contributed by atoms with van der Waals surface area (Å²) in [7, 11) is 5.70. The van der Waals surface area contributed by atoms with Crippen LogP contribution in [0.5, 0.6) is 5.75 Å². The summed E-state index contributed by atoms with van der Waals surface area (Å²) < 4.78 is 34.0. The van der Waals surface area contributed by atoms with Crippen LogP contribution in [0.25, 0.3) is 5.70 Å². The molecule has 0 aromatic carbocycles. The number of pyridine rings is 2. The molecule has 3 aromatic rings. The molecule has 0 amide bonds. The van der Waals surface area contributed by atoms with Crippen molar-refractivity contribution >= 4 is 25.1 Å². The van der Waals surface area contributed by atoms with Gasteiger partial charge in [0.1, 0.15) is 27.9 Å². The Labute approximate surface area is 222 Å². The number of halogens is 3. The maximum absolute atomic E-state index is 14.2. The zero-order valence-electron chi connectivity index (χ0n) is 20.8. The van der Waals surface area contributed by atoms with E-state index >= 15 is 0 Å². The summed E-state index contributed by atoms with van der Waals surface area (Å²) in [6, 6.07) is 3.02. The molecule has 9 nitrogen and oxygen atoms in total. The average Bonchev–Trinajstić information content (AvgIpc) is 2.82.